The summed E-state index contributed by atoms with van der Waals surface area (Å²) in [6, 6.07) is 7.86. The van der Waals surface area contributed by atoms with Crippen LogP contribution < -0.4 is 10.5 Å². The van der Waals surface area contributed by atoms with Gasteiger partial charge in [-0.3, -0.25) is 4.68 Å². The number of benzene rings is 1. The normalized spacial score (nSPS) is 12.4. The van der Waals surface area contributed by atoms with E-state index in [0.29, 0.717) is 6.61 Å². The molecule has 102 valence electrons. The lowest BCUT2D eigenvalue weighted by molar-refractivity contribution is 0.313. The van der Waals surface area contributed by atoms with E-state index in [0.717, 1.165) is 27.9 Å². The van der Waals surface area contributed by atoms with Gasteiger partial charge in [-0.15, -0.1) is 0 Å². The molecular weight excluding hydrogens is 306 g/mol. The SMILES string of the molecule is CC(N)c1cc(Br)ccc1OCCc1ccnn1C. The molecule has 0 fully saturated rings. The van der Waals surface area contributed by atoms with Crippen LogP contribution in [0.15, 0.2) is 34.9 Å². The van der Waals surface area contributed by atoms with E-state index in [9.17, 15) is 0 Å². The zero-order valence-electron chi connectivity index (χ0n) is 11.1. The van der Waals surface area contributed by atoms with Crippen LogP contribution >= 0.6 is 15.9 Å². The first-order valence-corrected chi connectivity index (χ1v) is 7.02. The average Bonchev–Trinajstić information content (AvgIpc) is 2.77. The maximum absolute atomic E-state index is 5.96. The van der Waals surface area contributed by atoms with Gasteiger partial charge < -0.3 is 10.5 Å². The van der Waals surface area contributed by atoms with Crippen molar-refractivity contribution in [3.05, 3.63) is 46.2 Å². The third kappa shape index (κ3) is 3.58. The molecule has 0 aliphatic rings. The molecule has 0 saturated carbocycles. The van der Waals surface area contributed by atoms with Crippen LogP contribution in [-0.4, -0.2) is 16.4 Å². The number of aromatic nitrogens is 2. The fraction of sp³-hybridized carbons (Fsp3) is 0.357. The number of halogens is 1. The second-order valence-electron chi connectivity index (χ2n) is 4.52. The van der Waals surface area contributed by atoms with Crippen molar-refractivity contribution in [1.82, 2.24) is 9.78 Å². The molecule has 1 aromatic heterocycles. The predicted molar refractivity (Wildman–Crippen MR) is 79.2 cm³/mol. The van der Waals surface area contributed by atoms with Gasteiger partial charge in [0.2, 0.25) is 0 Å². The lowest BCUT2D eigenvalue weighted by Crippen LogP contribution is -2.10. The van der Waals surface area contributed by atoms with E-state index in [1.165, 1.54) is 0 Å². The number of rotatable bonds is 5. The number of nitrogens with zero attached hydrogens (tertiary/aromatic N) is 2. The van der Waals surface area contributed by atoms with Crippen LogP contribution in [0.25, 0.3) is 0 Å². The second kappa shape index (κ2) is 6.21. The van der Waals surface area contributed by atoms with E-state index in [1.807, 2.05) is 42.9 Å². The Labute approximate surface area is 121 Å². The second-order valence-corrected chi connectivity index (χ2v) is 5.43. The van der Waals surface area contributed by atoms with Crippen LogP contribution in [-0.2, 0) is 13.5 Å². The molecule has 0 aliphatic carbocycles. The molecule has 1 unspecified atom stereocenters. The summed E-state index contributed by atoms with van der Waals surface area (Å²) in [6.07, 6.45) is 2.62. The zero-order chi connectivity index (χ0) is 13.8. The summed E-state index contributed by atoms with van der Waals surface area (Å²) in [6.45, 7) is 2.57. The summed E-state index contributed by atoms with van der Waals surface area (Å²) in [5, 5.41) is 4.13. The highest BCUT2D eigenvalue weighted by Crippen LogP contribution is 2.27. The van der Waals surface area contributed by atoms with E-state index in [-0.39, 0.29) is 6.04 Å². The Balaban J connectivity index is 2.01. The van der Waals surface area contributed by atoms with Crippen LogP contribution in [0, 0.1) is 0 Å². The largest absolute Gasteiger partial charge is 0.493 e. The molecule has 4 nitrogen and oxygen atoms in total. The number of hydrogen-bond acceptors (Lipinski definition) is 3. The molecule has 2 rings (SSSR count). The van der Waals surface area contributed by atoms with Gasteiger partial charge in [0.05, 0.1) is 6.61 Å². The summed E-state index contributed by atoms with van der Waals surface area (Å²) in [7, 11) is 1.93. The van der Waals surface area contributed by atoms with Crippen molar-refractivity contribution >= 4 is 15.9 Å². The van der Waals surface area contributed by atoms with Gasteiger partial charge in [0.25, 0.3) is 0 Å². The highest BCUT2D eigenvalue weighted by molar-refractivity contribution is 9.10. The van der Waals surface area contributed by atoms with Gasteiger partial charge in [0.1, 0.15) is 5.75 Å². The van der Waals surface area contributed by atoms with Crippen molar-refractivity contribution in [2.75, 3.05) is 6.61 Å². The summed E-state index contributed by atoms with van der Waals surface area (Å²) >= 11 is 3.45. The first-order chi connectivity index (χ1) is 9.08. The van der Waals surface area contributed by atoms with E-state index in [4.69, 9.17) is 10.5 Å². The van der Waals surface area contributed by atoms with Gasteiger partial charge >= 0.3 is 0 Å². The van der Waals surface area contributed by atoms with Crippen LogP contribution in [0.2, 0.25) is 0 Å². The molecule has 0 radical (unpaired) electrons. The summed E-state index contributed by atoms with van der Waals surface area (Å²) in [5.41, 5.74) is 8.12. The van der Waals surface area contributed by atoms with Gasteiger partial charge in [0.15, 0.2) is 0 Å². The molecule has 1 atom stereocenters. The summed E-state index contributed by atoms with van der Waals surface area (Å²) < 4.78 is 8.71. The van der Waals surface area contributed by atoms with Crippen molar-refractivity contribution in [2.24, 2.45) is 12.8 Å². The van der Waals surface area contributed by atoms with E-state index >= 15 is 0 Å². The molecule has 1 heterocycles. The molecular formula is C14H18BrN3O. The number of aryl methyl sites for hydroxylation is 1. The van der Waals surface area contributed by atoms with Crippen LogP contribution in [0.1, 0.15) is 24.2 Å². The molecule has 0 saturated heterocycles. The molecule has 2 N–H and O–H groups in total. The van der Waals surface area contributed by atoms with Gasteiger partial charge in [-0.2, -0.15) is 5.10 Å². The minimum atomic E-state index is -0.0517. The zero-order valence-corrected chi connectivity index (χ0v) is 12.7. The third-order valence-electron chi connectivity index (χ3n) is 3.00. The van der Waals surface area contributed by atoms with Gasteiger partial charge in [-0.05, 0) is 31.2 Å². The van der Waals surface area contributed by atoms with Crippen molar-refractivity contribution in [3.63, 3.8) is 0 Å². The van der Waals surface area contributed by atoms with Crippen molar-refractivity contribution < 1.29 is 4.74 Å². The van der Waals surface area contributed by atoms with Gasteiger partial charge in [-0.25, -0.2) is 0 Å². The van der Waals surface area contributed by atoms with E-state index in [2.05, 4.69) is 21.0 Å². The lowest BCUT2D eigenvalue weighted by atomic mass is 10.1. The lowest BCUT2D eigenvalue weighted by Gasteiger charge is -2.14. The van der Waals surface area contributed by atoms with Crippen molar-refractivity contribution in [1.29, 1.82) is 0 Å². The monoisotopic (exact) mass is 323 g/mol. The molecule has 5 heteroatoms. The van der Waals surface area contributed by atoms with Crippen LogP contribution in [0.4, 0.5) is 0 Å². The molecule has 0 bridgehead atoms. The van der Waals surface area contributed by atoms with Gasteiger partial charge in [-0.1, -0.05) is 15.9 Å². The fourth-order valence-corrected chi connectivity index (χ4v) is 2.30. The Morgan fingerprint density at radius 3 is 2.84 bits per heavy atom. The minimum Gasteiger partial charge on any atom is -0.493 e. The summed E-state index contributed by atoms with van der Waals surface area (Å²) in [5.74, 6) is 0.848. The van der Waals surface area contributed by atoms with Crippen molar-refractivity contribution in [2.45, 2.75) is 19.4 Å². The van der Waals surface area contributed by atoms with Crippen LogP contribution in [0.5, 0.6) is 5.75 Å². The van der Waals surface area contributed by atoms with Crippen molar-refractivity contribution in [3.8, 4) is 5.75 Å². The topological polar surface area (TPSA) is 53.1 Å². The average molecular weight is 324 g/mol. The number of nitrogens with two attached hydrogens (primary N) is 1. The molecule has 1 aromatic carbocycles. The Hall–Kier alpha value is -1.33. The first kappa shape index (κ1) is 14.1. The fourth-order valence-electron chi connectivity index (χ4n) is 1.92. The molecule has 19 heavy (non-hydrogen) atoms. The van der Waals surface area contributed by atoms with E-state index < -0.39 is 0 Å². The maximum atomic E-state index is 5.96. The first-order valence-electron chi connectivity index (χ1n) is 6.22. The number of ether oxygens (including phenoxy) is 1. The van der Waals surface area contributed by atoms with Gasteiger partial charge in [0, 0.05) is 41.4 Å². The quantitative estimate of drug-likeness (QED) is 0.920. The Kier molecular flexibility index (Phi) is 4.61. The van der Waals surface area contributed by atoms with Crippen LogP contribution in [0.3, 0.4) is 0 Å². The third-order valence-corrected chi connectivity index (χ3v) is 3.49. The highest BCUT2D eigenvalue weighted by Gasteiger charge is 2.09. The summed E-state index contributed by atoms with van der Waals surface area (Å²) in [4.78, 5) is 0. The van der Waals surface area contributed by atoms with E-state index in [1.54, 1.807) is 6.20 Å². The number of hydrogen-bond donors (Lipinski definition) is 1. The standard InChI is InChI=1S/C14H18BrN3O/c1-10(16)13-9-11(15)3-4-14(13)19-8-6-12-5-7-17-18(12)2/h3-5,7,9-10H,6,8,16H2,1-2H3. The predicted octanol–water partition coefficient (Wildman–Crippen LogP) is 2.82. The Morgan fingerprint density at radius 1 is 1.42 bits per heavy atom. The minimum absolute atomic E-state index is 0.0517. The maximum Gasteiger partial charge on any atom is 0.124 e. The Morgan fingerprint density at radius 2 is 2.21 bits per heavy atom. The smallest absolute Gasteiger partial charge is 0.124 e. The molecule has 0 spiro atoms. The molecule has 0 amide bonds. The Bertz CT molecular complexity index is 551. The highest BCUT2D eigenvalue weighted by atomic mass is 79.9. The molecule has 0 aliphatic heterocycles. The molecule has 2 aromatic rings.